The van der Waals surface area contributed by atoms with Crippen molar-refractivity contribution >= 4 is 5.95 Å². The summed E-state index contributed by atoms with van der Waals surface area (Å²) >= 11 is 0. The molecule has 2 aromatic heterocycles. The van der Waals surface area contributed by atoms with Crippen molar-refractivity contribution < 1.29 is 4.39 Å². The van der Waals surface area contributed by atoms with Gasteiger partial charge in [-0.25, -0.2) is 9.07 Å². The summed E-state index contributed by atoms with van der Waals surface area (Å²) in [4.78, 5) is 8.88. The maximum atomic E-state index is 12.9. The molecule has 0 bridgehead atoms. The molecule has 3 aromatic rings. The van der Waals surface area contributed by atoms with Crippen LogP contribution in [-0.2, 0) is 13.1 Å². The van der Waals surface area contributed by atoms with Gasteiger partial charge in [0.1, 0.15) is 11.5 Å². The highest BCUT2D eigenvalue weighted by atomic mass is 19.1. The molecule has 0 aliphatic heterocycles. The summed E-state index contributed by atoms with van der Waals surface area (Å²) in [5.41, 5.74) is 1.76. The number of hydrogen-bond donors (Lipinski definition) is 1. The van der Waals surface area contributed by atoms with Crippen LogP contribution in [0.4, 0.5) is 10.3 Å². The molecule has 3 rings (SSSR count). The van der Waals surface area contributed by atoms with E-state index >= 15 is 0 Å². The molecule has 5 nitrogen and oxygen atoms in total. The zero-order valence-corrected chi connectivity index (χ0v) is 12.9. The molecular formula is C17H18FN5. The molecule has 0 spiro atoms. The number of aromatic nitrogens is 4. The largest absolute Gasteiger partial charge is 0.349 e. The van der Waals surface area contributed by atoms with E-state index in [0.29, 0.717) is 12.5 Å². The first-order valence-corrected chi connectivity index (χ1v) is 7.61. The highest BCUT2D eigenvalue weighted by Gasteiger charge is 2.12. The van der Waals surface area contributed by atoms with Gasteiger partial charge in [-0.3, -0.25) is 4.98 Å². The lowest BCUT2D eigenvalue weighted by molar-refractivity contribution is 0.608. The molecule has 23 heavy (non-hydrogen) atoms. The molecule has 2 heterocycles. The second-order valence-corrected chi connectivity index (χ2v) is 5.18. The van der Waals surface area contributed by atoms with E-state index in [0.717, 1.165) is 30.0 Å². The van der Waals surface area contributed by atoms with Gasteiger partial charge < -0.3 is 5.32 Å². The van der Waals surface area contributed by atoms with Crippen LogP contribution in [0, 0.1) is 5.82 Å². The minimum atomic E-state index is -0.239. The van der Waals surface area contributed by atoms with E-state index in [9.17, 15) is 4.39 Å². The van der Waals surface area contributed by atoms with Gasteiger partial charge in [-0.1, -0.05) is 25.1 Å². The first kappa shape index (κ1) is 15.1. The maximum Gasteiger partial charge on any atom is 0.242 e. The molecule has 6 heteroatoms. The lowest BCUT2D eigenvalue weighted by atomic mass is 10.2. The minimum Gasteiger partial charge on any atom is -0.349 e. The van der Waals surface area contributed by atoms with Gasteiger partial charge >= 0.3 is 0 Å². The summed E-state index contributed by atoms with van der Waals surface area (Å²) in [5.74, 6) is 1.05. The zero-order valence-electron chi connectivity index (χ0n) is 12.9. The van der Waals surface area contributed by atoms with Crippen LogP contribution < -0.4 is 5.32 Å². The normalized spacial score (nSPS) is 10.7. The topological polar surface area (TPSA) is 55.6 Å². The van der Waals surface area contributed by atoms with Gasteiger partial charge in [0.15, 0.2) is 5.82 Å². The number of rotatable bonds is 6. The number of benzene rings is 1. The van der Waals surface area contributed by atoms with Gasteiger partial charge in [0, 0.05) is 19.3 Å². The fourth-order valence-corrected chi connectivity index (χ4v) is 2.25. The van der Waals surface area contributed by atoms with E-state index in [-0.39, 0.29) is 5.82 Å². The molecule has 0 aliphatic carbocycles. The van der Waals surface area contributed by atoms with E-state index in [2.05, 4.69) is 27.3 Å². The predicted octanol–water partition coefficient (Wildman–Crippen LogP) is 3.50. The van der Waals surface area contributed by atoms with Crippen molar-refractivity contribution in [3.05, 3.63) is 60.0 Å². The van der Waals surface area contributed by atoms with E-state index in [1.165, 1.54) is 12.1 Å². The van der Waals surface area contributed by atoms with Crippen LogP contribution in [0.1, 0.15) is 18.9 Å². The average Bonchev–Trinajstić information content (AvgIpc) is 2.99. The smallest absolute Gasteiger partial charge is 0.242 e. The third kappa shape index (κ3) is 3.71. The Hall–Kier alpha value is -2.76. The summed E-state index contributed by atoms with van der Waals surface area (Å²) in [5, 5.41) is 7.67. The van der Waals surface area contributed by atoms with Crippen LogP contribution in [0.25, 0.3) is 11.5 Å². The van der Waals surface area contributed by atoms with Gasteiger partial charge in [-0.2, -0.15) is 4.98 Å². The van der Waals surface area contributed by atoms with Gasteiger partial charge in [0.25, 0.3) is 0 Å². The van der Waals surface area contributed by atoms with Gasteiger partial charge in [-0.05, 0) is 36.2 Å². The Morgan fingerprint density at radius 3 is 2.65 bits per heavy atom. The quantitative estimate of drug-likeness (QED) is 0.757. The van der Waals surface area contributed by atoms with Crippen molar-refractivity contribution in [3.8, 4) is 11.5 Å². The molecule has 0 atom stereocenters. The number of halogens is 1. The second-order valence-electron chi connectivity index (χ2n) is 5.18. The molecule has 1 aromatic carbocycles. The number of nitrogens with one attached hydrogen (secondary N) is 1. The molecule has 0 saturated carbocycles. The first-order chi connectivity index (χ1) is 11.3. The SMILES string of the molecule is CCCn1nc(NCc2ccc(F)cc2)nc1-c1ccccn1. The van der Waals surface area contributed by atoms with Crippen LogP contribution in [-0.4, -0.2) is 19.7 Å². The molecule has 118 valence electrons. The van der Waals surface area contributed by atoms with Crippen LogP contribution in [0.5, 0.6) is 0 Å². The number of hydrogen-bond acceptors (Lipinski definition) is 4. The molecule has 1 N–H and O–H groups in total. The third-order valence-electron chi connectivity index (χ3n) is 3.37. The Balaban J connectivity index is 1.79. The molecule has 0 saturated heterocycles. The van der Waals surface area contributed by atoms with Crippen LogP contribution in [0.2, 0.25) is 0 Å². The summed E-state index contributed by atoms with van der Waals surface area (Å²) in [7, 11) is 0. The number of pyridine rings is 1. The number of nitrogens with zero attached hydrogens (tertiary/aromatic N) is 4. The summed E-state index contributed by atoms with van der Waals surface area (Å²) in [6.07, 6.45) is 2.70. The van der Waals surface area contributed by atoms with Crippen molar-refractivity contribution in [1.29, 1.82) is 0 Å². The fraction of sp³-hybridized carbons (Fsp3) is 0.235. The Kier molecular flexibility index (Phi) is 4.61. The van der Waals surface area contributed by atoms with Crippen LogP contribution in [0.3, 0.4) is 0 Å². The van der Waals surface area contributed by atoms with Crippen molar-refractivity contribution in [2.75, 3.05) is 5.32 Å². The highest BCUT2D eigenvalue weighted by Crippen LogP contribution is 2.17. The van der Waals surface area contributed by atoms with Crippen LogP contribution >= 0.6 is 0 Å². The van der Waals surface area contributed by atoms with E-state index in [1.54, 1.807) is 18.3 Å². The van der Waals surface area contributed by atoms with Crippen molar-refractivity contribution in [1.82, 2.24) is 19.7 Å². The first-order valence-electron chi connectivity index (χ1n) is 7.61. The van der Waals surface area contributed by atoms with E-state index in [4.69, 9.17) is 0 Å². The number of anilines is 1. The van der Waals surface area contributed by atoms with Crippen molar-refractivity contribution in [2.24, 2.45) is 0 Å². The summed E-state index contributed by atoms with van der Waals surface area (Å²) < 4.78 is 14.8. The standard InChI is InChI=1S/C17H18FN5/c1-2-11-23-16(15-5-3-4-10-19-15)21-17(22-23)20-12-13-6-8-14(18)9-7-13/h3-10H,2,11-12H2,1H3,(H,20,22). The zero-order chi connectivity index (χ0) is 16.1. The highest BCUT2D eigenvalue weighted by molar-refractivity contribution is 5.51. The lowest BCUT2D eigenvalue weighted by Gasteiger charge is -2.02. The molecule has 0 fully saturated rings. The Morgan fingerprint density at radius 2 is 1.96 bits per heavy atom. The van der Waals surface area contributed by atoms with Gasteiger partial charge in [0.05, 0.1) is 0 Å². The molecule has 0 unspecified atom stereocenters. The van der Waals surface area contributed by atoms with E-state index < -0.39 is 0 Å². The third-order valence-corrected chi connectivity index (χ3v) is 3.37. The second kappa shape index (κ2) is 7.00. The monoisotopic (exact) mass is 311 g/mol. The van der Waals surface area contributed by atoms with E-state index in [1.807, 2.05) is 22.9 Å². The molecule has 0 radical (unpaired) electrons. The lowest BCUT2D eigenvalue weighted by Crippen LogP contribution is -2.04. The van der Waals surface area contributed by atoms with Crippen molar-refractivity contribution in [3.63, 3.8) is 0 Å². The van der Waals surface area contributed by atoms with Crippen LogP contribution in [0.15, 0.2) is 48.7 Å². The van der Waals surface area contributed by atoms with Gasteiger partial charge in [0.2, 0.25) is 5.95 Å². The van der Waals surface area contributed by atoms with Gasteiger partial charge in [-0.15, -0.1) is 5.10 Å². The Morgan fingerprint density at radius 1 is 1.13 bits per heavy atom. The Labute approximate surface area is 134 Å². The molecule has 0 amide bonds. The fourth-order valence-electron chi connectivity index (χ4n) is 2.25. The molecule has 0 aliphatic rings. The van der Waals surface area contributed by atoms with Crippen molar-refractivity contribution in [2.45, 2.75) is 26.4 Å². The summed E-state index contributed by atoms with van der Waals surface area (Å²) in [6.45, 7) is 3.41. The number of aryl methyl sites for hydroxylation is 1. The predicted molar refractivity (Wildman–Crippen MR) is 87.3 cm³/mol. The maximum absolute atomic E-state index is 12.9. The average molecular weight is 311 g/mol. The minimum absolute atomic E-state index is 0.239. The Bertz CT molecular complexity index is 752. The molecular weight excluding hydrogens is 293 g/mol. The summed E-state index contributed by atoms with van der Waals surface area (Å²) in [6, 6.07) is 12.1.